The molecular formula is C12H21ClN4O3. The topological polar surface area (TPSA) is 79.6 Å². The van der Waals surface area contributed by atoms with Crippen molar-refractivity contribution < 1.29 is 9.84 Å². The quantitative estimate of drug-likeness (QED) is 0.697. The SMILES string of the molecule is COCC(O)CNc1cnn(CCN(C)C)c(=O)c1Cl. The molecule has 1 rings (SSSR count). The van der Waals surface area contributed by atoms with E-state index in [9.17, 15) is 9.90 Å². The first-order valence-corrected chi connectivity index (χ1v) is 6.64. The molecule has 0 saturated heterocycles. The van der Waals surface area contributed by atoms with Gasteiger partial charge >= 0.3 is 0 Å². The molecule has 1 heterocycles. The minimum atomic E-state index is -0.674. The smallest absolute Gasteiger partial charge is 0.287 e. The predicted molar refractivity (Wildman–Crippen MR) is 78.4 cm³/mol. The zero-order valence-corrected chi connectivity index (χ0v) is 12.7. The largest absolute Gasteiger partial charge is 0.389 e. The van der Waals surface area contributed by atoms with E-state index in [1.54, 1.807) is 0 Å². The fraction of sp³-hybridized carbons (Fsp3) is 0.667. The number of rotatable bonds is 8. The van der Waals surface area contributed by atoms with Crippen molar-refractivity contribution in [2.75, 3.05) is 46.2 Å². The van der Waals surface area contributed by atoms with E-state index in [4.69, 9.17) is 16.3 Å². The monoisotopic (exact) mass is 304 g/mol. The lowest BCUT2D eigenvalue weighted by atomic mass is 10.3. The van der Waals surface area contributed by atoms with Crippen molar-refractivity contribution >= 4 is 17.3 Å². The number of aromatic nitrogens is 2. The lowest BCUT2D eigenvalue weighted by Gasteiger charge is -2.14. The first kappa shape index (κ1) is 16.9. The van der Waals surface area contributed by atoms with Gasteiger partial charge in [0.2, 0.25) is 0 Å². The maximum Gasteiger partial charge on any atom is 0.287 e. The van der Waals surface area contributed by atoms with Crippen LogP contribution >= 0.6 is 11.6 Å². The molecule has 0 aliphatic rings. The highest BCUT2D eigenvalue weighted by Gasteiger charge is 2.11. The summed E-state index contributed by atoms with van der Waals surface area (Å²) in [6, 6.07) is 0. The minimum absolute atomic E-state index is 0.0726. The number of hydrogen-bond acceptors (Lipinski definition) is 6. The average molecular weight is 305 g/mol. The summed E-state index contributed by atoms with van der Waals surface area (Å²) in [5.41, 5.74) is 0.0627. The van der Waals surface area contributed by atoms with Crippen LogP contribution in [-0.2, 0) is 11.3 Å². The van der Waals surface area contributed by atoms with E-state index in [-0.39, 0.29) is 23.7 Å². The average Bonchev–Trinajstić information content (AvgIpc) is 2.39. The maximum absolute atomic E-state index is 12.0. The van der Waals surface area contributed by atoms with Gasteiger partial charge in [0.25, 0.3) is 5.56 Å². The lowest BCUT2D eigenvalue weighted by molar-refractivity contribution is 0.0727. The molecule has 0 aromatic carbocycles. The van der Waals surface area contributed by atoms with Crippen molar-refractivity contribution in [2.24, 2.45) is 0 Å². The number of likely N-dealkylation sites (N-methyl/N-ethyl adjacent to an activating group) is 1. The molecule has 1 aromatic heterocycles. The number of methoxy groups -OCH3 is 1. The molecule has 1 aromatic rings. The third kappa shape index (κ3) is 5.09. The van der Waals surface area contributed by atoms with Gasteiger partial charge in [-0.25, -0.2) is 4.68 Å². The van der Waals surface area contributed by atoms with E-state index >= 15 is 0 Å². The van der Waals surface area contributed by atoms with Crippen LogP contribution < -0.4 is 10.9 Å². The van der Waals surface area contributed by atoms with Crippen LogP contribution in [0.4, 0.5) is 5.69 Å². The summed E-state index contributed by atoms with van der Waals surface area (Å²) in [5.74, 6) is 0. The van der Waals surface area contributed by atoms with Crippen LogP contribution in [0.15, 0.2) is 11.0 Å². The summed E-state index contributed by atoms with van der Waals surface area (Å²) >= 11 is 6.01. The van der Waals surface area contributed by atoms with Crippen LogP contribution in [0.25, 0.3) is 0 Å². The van der Waals surface area contributed by atoms with Crippen molar-refractivity contribution in [2.45, 2.75) is 12.6 Å². The Morgan fingerprint density at radius 2 is 2.30 bits per heavy atom. The van der Waals surface area contributed by atoms with Crippen LogP contribution in [0, 0.1) is 0 Å². The summed E-state index contributed by atoms with van der Waals surface area (Å²) in [6.07, 6.45) is 0.811. The van der Waals surface area contributed by atoms with Crippen LogP contribution in [0.2, 0.25) is 5.02 Å². The normalized spacial score (nSPS) is 12.7. The highest BCUT2D eigenvalue weighted by Crippen LogP contribution is 2.14. The third-order valence-electron chi connectivity index (χ3n) is 2.63. The van der Waals surface area contributed by atoms with E-state index in [0.29, 0.717) is 18.8 Å². The summed E-state index contributed by atoms with van der Waals surface area (Å²) in [7, 11) is 5.34. The molecule has 7 nitrogen and oxygen atoms in total. The van der Waals surface area contributed by atoms with Crippen molar-refractivity contribution in [3.05, 3.63) is 21.6 Å². The number of aliphatic hydroxyl groups is 1. The predicted octanol–water partition coefficient (Wildman–Crippen LogP) is -0.123. The van der Waals surface area contributed by atoms with Gasteiger partial charge in [-0.15, -0.1) is 0 Å². The van der Waals surface area contributed by atoms with Crippen molar-refractivity contribution in [3.63, 3.8) is 0 Å². The van der Waals surface area contributed by atoms with Crippen molar-refractivity contribution in [3.8, 4) is 0 Å². The molecule has 0 saturated carbocycles. The Bertz CT molecular complexity index is 478. The number of nitrogens with one attached hydrogen (secondary N) is 1. The molecule has 114 valence electrons. The van der Waals surface area contributed by atoms with Gasteiger partial charge in [0, 0.05) is 20.2 Å². The Kier molecular flexibility index (Phi) is 6.94. The highest BCUT2D eigenvalue weighted by atomic mass is 35.5. The highest BCUT2D eigenvalue weighted by molar-refractivity contribution is 6.32. The molecule has 8 heteroatoms. The second-order valence-electron chi connectivity index (χ2n) is 4.69. The number of hydrogen-bond donors (Lipinski definition) is 2. The molecule has 0 bridgehead atoms. The van der Waals surface area contributed by atoms with Gasteiger partial charge < -0.3 is 20.1 Å². The molecule has 0 aliphatic heterocycles. The number of ether oxygens (including phenoxy) is 1. The standard InChI is InChI=1S/C12H21ClN4O3/c1-16(2)4-5-17-12(19)11(13)10(7-15-17)14-6-9(18)8-20-3/h7,9,14,18H,4-6,8H2,1-3H3. The summed E-state index contributed by atoms with van der Waals surface area (Å²) in [5, 5.41) is 16.5. The molecule has 20 heavy (non-hydrogen) atoms. The number of anilines is 1. The minimum Gasteiger partial charge on any atom is -0.389 e. The zero-order valence-electron chi connectivity index (χ0n) is 12.0. The van der Waals surface area contributed by atoms with Gasteiger partial charge in [-0.1, -0.05) is 11.6 Å². The van der Waals surface area contributed by atoms with Gasteiger partial charge in [-0.3, -0.25) is 4.79 Å². The Morgan fingerprint density at radius 1 is 1.60 bits per heavy atom. The molecular weight excluding hydrogens is 284 g/mol. The Morgan fingerprint density at radius 3 is 2.90 bits per heavy atom. The molecule has 0 radical (unpaired) electrons. The van der Waals surface area contributed by atoms with E-state index in [0.717, 1.165) is 0 Å². The van der Waals surface area contributed by atoms with E-state index in [2.05, 4.69) is 10.4 Å². The molecule has 2 N–H and O–H groups in total. The lowest BCUT2D eigenvalue weighted by Crippen LogP contribution is -2.30. The van der Waals surface area contributed by atoms with Gasteiger partial charge in [-0.2, -0.15) is 5.10 Å². The summed E-state index contributed by atoms with van der Waals surface area (Å²) in [6.45, 7) is 1.61. The first-order chi connectivity index (χ1) is 9.45. The Labute approximate surface area is 123 Å². The number of nitrogens with zero attached hydrogens (tertiary/aromatic N) is 3. The summed E-state index contributed by atoms with van der Waals surface area (Å²) < 4.78 is 6.13. The van der Waals surface area contributed by atoms with Gasteiger partial charge in [-0.05, 0) is 14.1 Å². The van der Waals surface area contributed by atoms with Crippen molar-refractivity contribution in [1.82, 2.24) is 14.7 Å². The molecule has 0 fully saturated rings. The van der Waals surface area contributed by atoms with Crippen LogP contribution in [0.1, 0.15) is 0 Å². The van der Waals surface area contributed by atoms with E-state index in [1.807, 2.05) is 19.0 Å². The first-order valence-electron chi connectivity index (χ1n) is 6.27. The maximum atomic E-state index is 12.0. The van der Waals surface area contributed by atoms with Crippen LogP contribution in [-0.4, -0.2) is 66.8 Å². The molecule has 0 spiro atoms. The Balaban J connectivity index is 2.71. The second-order valence-corrected chi connectivity index (χ2v) is 5.07. The molecule has 0 amide bonds. The van der Waals surface area contributed by atoms with Crippen LogP contribution in [0.3, 0.4) is 0 Å². The Hall–Kier alpha value is -1.15. The fourth-order valence-corrected chi connectivity index (χ4v) is 1.73. The van der Waals surface area contributed by atoms with Crippen LogP contribution in [0.5, 0.6) is 0 Å². The molecule has 1 unspecified atom stereocenters. The van der Waals surface area contributed by atoms with Gasteiger partial charge in [0.1, 0.15) is 5.02 Å². The fourth-order valence-electron chi connectivity index (χ4n) is 1.52. The second kappa shape index (κ2) is 8.21. The number of aliphatic hydroxyl groups excluding tert-OH is 1. The summed E-state index contributed by atoms with van der Waals surface area (Å²) in [4.78, 5) is 13.9. The molecule has 0 aliphatic carbocycles. The number of halogens is 1. The van der Waals surface area contributed by atoms with E-state index < -0.39 is 6.10 Å². The van der Waals surface area contributed by atoms with E-state index in [1.165, 1.54) is 18.0 Å². The third-order valence-corrected chi connectivity index (χ3v) is 3.00. The van der Waals surface area contributed by atoms with Crippen molar-refractivity contribution in [1.29, 1.82) is 0 Å². The molecule has 1 atom stereocenters. The zero-order chi connectivity index (χ0) is 15.1. The van der Waals surface area contributed by atoms with Gasteiger partial charge in [0.15, 0.2) is 0 Å². The van der Waals surface area contributed by atoms with Gasteiger partial charge in [0.05, 0.1) is 31.1 Å².